The normalized spacial score (nSPS) is 21.5. The van der Waals surface area contributed by atoms with Crippen molar-refractivity contribution in [2.75, 3.05) is 72.5 Å². The van der Waals surface area contributed by atoms with Crippen LogP contribution in [-0.2, 0) is 75.4 Å². The Labute approximate surface area is 827 Å². The van der Waals surface area contributed by atoms with Crippen molar-refractivity contribution in [1.82, 2.24) is 44.4 Å². The summed E-state index contributed by atoms with van der Waals surface area (Å²) in [5.74, 6) is 6.62. The molecule has 4 aliphatic heterocycles. The highest BCUT2D eigenvalue weighted by molar-refractivity contribution is 7.89. The Bertz CT molecular complexity index is 5030. The summed E-state index contributed by atoms with van der Waals surface area (Å²) in [6.45, 7) is 32.7. The molecule has 28 nitrogen and oxygen atoms in total. The highest BCUT2D eigenvalue weighted by Crippen LogP contribution is 2.37. The molecule has 0 spiro atoms. The number of rotatable bonds is 35. The Morgan fingerprint density at radius 1 is 0.489 bits per heavy atom. The first-order chi connectivity index (χ1) is 62.8. The van der Waals surface area contributed by atoms with Crippen molar-refractivity contribution in [3.8, 4) is 28.7 Å². The van der Waals surface area contributed by atoms with Crippen molar-refractivity contribution in [2.45, 2.75) is 293 Å². The van der Waals surface area contributed by atoms with E-state index in [1.807, 2.05) is 178 Å². The Morgan fingerprint density at radius 2 is 0.891 bits per heavy atom. The molecule has 32 heteroatoms. The Kier molecular flexibility index (Phi) is 53.3. The van der Waals surface area contributed by atoms with Crippen LogP contribution in [0.2, 0.25) is 0 Å². The molecule has 0 bridgehead atoms. The number of aliphatic imine (C=N–C) groups is 1. The van der Waals surface area contributed by atoms with Gasteiger partial charge in [-0.15, -0.1) is 12.4 Å². The number of urea groups is 1. The molecule has 0 unspecified atom stereocenters. The quantitative estimate of drug-likeness (QED) is 0.0140. The molecule has 0 aromatic heterocycles. The van der Waals surface area contributed by atoms with Crippen LogP contribution in [0.3, 0.4) is 0 Å². The molecular weight excluding hydrogens is 1820 g/mol. The van der Waals surface area contributed by atoms with E-state index < -0.39 is 48.2 Å². The van der Waals surface area contributed by atoms with Crippen LogP contribution >= 0.6 is 12.4 Å². The molecule has 137 heavy (non-hydrogen) atoms. The lowest BCUT2D eigenvalue weighted by Crippen LogP contribution is -2.53. The minimum absolute atomic E-state index is 0. The summed E-state index contributed by atoms with van der Waals surface area (Å²) in [7, 11) is -6.96. The van der Waals surface area contributed by atoms with Gasteiger partial charge in [0.25, 0.3) is 0 Å². The average Bonchev–Trinajstić information content (AvgIpc) is 1.63. The number of halogens is 1. The summed E-state index contributed by atoms with van der Waals surface area (Å²) in [6, 6.07) is 56.6. The summed E-state index contributed by atoms with van der Waals surface area (Å²) in [5.41, 5.74) is 7.55. The number of amides is 4. The lowest BCUT2D eigenvalue weighted by atomic mass is 9.80. The fourth-order valence-electron chi connectivity index (χ4n) is 17.4. The molecular formula is C105H162ClN10O18S3-. The van der Waals surface area contributed by atoms with Gasteiger partial charge in [-0.3, -0.25) is 9.80 Å². The van der Waals surface area contributed by atoms with Crippen LogP contribution < -0.4 is 49.1 Å². The van der Waals surface area contributed by atoms with Crippen molar-refractivity contribution >= 4 is 66.8 Å². The molecule has 5 aliphatic rings. The van der Waals surface area contributed by atoms with Gasteiger partial charge in [-0.2, -0.15) is 4.31 Å². The Morgan fingerprint density at radius 3 is 1.30 bits per heavy atom. The van der Waals surface area contributed by atoms with E-state index in [2.05, 4.69) is 129 Å². The van der Waals surface area contributed by atoms with Crippen LogP contribution in [0, 0.1) is 19.3 Å². The van der Waals surface area contributed by atoms with Gasteiger partial charge < -0.3 is 66.2 Å². The molecule has 7 aromatic rings. The second kappa shape index (κ2) is 59.9. The SMILES string of the molecule is C.C.C.CC(C)c1ccc(OC[C@@H]2N[C@H](C)C[C@@H]2NS(C)(=O)=O)cc1.CCN=C=O.CCNC(=O)N1[C@H](C)C[C@H](NS(C)(=O)=O)[C@@H]1COC1CCC(C(C)C)CC1.COc1ccc(CN([C@H]2C[C@@H](C)N(C(=O)OCc3ccccc3)[C@H]2COc2ccc(C(C)C)cc2)S(C)(=O)=O)cc1.COc1ccc(CN[C@H]2C[C@@H](C)N(C(=O)OCc3ccccc3)[C@H]2COc2ccc(C(C)C)cc2)cc1.Cl.[CH3-]. The number of benzene rings is 7. The van der Waals surface area contributed by atoms with Crippen LogP contribution in [0.25, 0.3) is 0 Å². The fourth-order valence-corrected chi connectivity index (χ4v) is 20.2. The van der Waals surface area contributed by atoms with Gasteiger partial charge in [0.1, 0.15) is 61.8 Å². The molecule has 12 atom stereocenters. The maximum atomic E-state index is 13.5. The standard InChI is InChI=1S/C32H40N2O6S.C31H38N2O4.C19H37N3O4S.C16H26N2O3S.C3H5NO.3CH4.CH3.ClH/c1-23(2)27-13-17-29(18-14-27)39-22-31-30(33(41(5,36)37)20-25-11-15-28(38-4)16-12-25)19-24(3)34(31)32(35)40-21-26-9-7-6-8-10-26;1-22(2)26-12-16-28(17-13-26)36-21-30-29(32-19-24-10-14-27(35-4)15-11-24)18-23(3)33(30)31(34)37-20-25-8-6-5-7-9-25;1-6-20-19(23)22-14(4)11-17(21-27(5,24)25)18(22)12-26-16-9-7-15(8-10-16)13(2)3;1-11(2)13-5-7-14(8-6-13)21-10-16-15(9-12(3)17-16)18-22(4,19)20;1-2-4-3-5;;;;;/h6-18,23-24,30-31H,19-22H2,1-5H3;5-17,22-23,29-30,32H,18-21H2,1-4H3;13-18,21H,6-12H2,1-5H3,(H,20,23);5-8,11-12,15-18H,9-10H2,1-4H3;2H2,1H3;3*1H4;1H3;1H/q;;;;;;;;-1;/t24-,30+,31+;23-,29+,30+;14-,15?,16?,17+,18+;12-,15+,16+;;;;;;/m1111....../s1. The molecule has 7 aromatic carbocycles. The molecule has 12 rings (SSSR count). The number of carbonyl (C=O) groups excluding carboxylic acids is 4. The van der Waals surface area contributed by atoms with Crippen molar-refractivity contribution in [2.24, 2.45) is 16.8 Å². The van der Waals surface area contributed by atoms with E-state index in [4.69, 9.17) is 42.7 Å². The number of nitrogens with zero attached hydrogens (tertiary/aromatic N) is 5. The summed E-state index contributed by atoms with van der Waals surface area (Å²) < 4.78 is 126. The summed E-state index contributed by atoms with van der Waals surface area (Å²) in [6.07, 6.45) is 11.4. The fraction of sp³-hybridized carbons (Fsp3) is 0.552. The number of methoxy groups -OCH3 is 2. The van der Waals surface area contributed by atoms with Crippen LogP contribution in [-0.4, -0.2) is 220 Å². The third-order valence-corrected chi connectivity index (χ3v) is 27.4. The molecule has 4 saturated heterocycles. The Hall–Kier alpha value is -9.37. The predicted molar refractivity (Wildman–Crippen MR) is 554 cm³/mol. The second-order valence-electron chi connectivity index (χ2n) is 36.3. The smallest absolute Gasteiger partial charge is 0.410 e. The first-order valence-corrected chi connectivity index (χ1v) is 52.0. The summed E-state index contributed by atoms with van der Waals surface area (Å²) in [4.78, 5) is 56.8. The number of sulfonamides is 3. The zero-order valence-corrected chi connectivity index (χ0v) is 85.4. The van der Waals surface area contributed by atoms with E-state index in [0.29, 0.717) is 87.5 Å². The van der Waals surface area contributed by atoms with Crippen LogP contribution in [0.15, 0.2) is 187 Å². The maximum absolute atomic E-state index is 13.5. The molecule has 766 valence electrons. The van der Waals surface area contributed by atoms with E-state index in [1.54, 1.807) is 30.9 Å². The van der Waals surface area contributed by atoms with E-state index in [1.165, 1.54) is 52.4 Å². The van der Waals surface area contributed by atoms with Crippen LogP contribution in [0.1, 0.15) is 227 Å². The number of hydrogen-bond donors (Lipinski definition) is 5. The van der Waals surface area contributed by atoms with Gasteiger partial charge in [-0.1, -0.05) is 199 Å². The molecule has 0 radical (unpaired) electrons. The van der Waals surface area contributed by atoms with E-state index >= 15 is 0 Å². The van der Waals surface area contributed by atoms with Crippen molar-refractivity contribution in [3.05, 3.63) is 228 Å². The van der Waals surface area contributed by atoms with Gasteiger partial charge in [-0.25, -0.2) is 58.9 Å². The number of carbonyl (C=O) groups is 3. The number of likely N-dealkylation sites (tertiary alicyclic amines) is 3. The largest absolute Gasteiger partial charge is 0.497 e. The van der Waals surface area contributed by atoms with Gasteiger partial charge >= 0.3 is 18.2 Å². The molecule has 5 fully saturated rings. The minimum Gasteiger partial charge on any atom is -0.497 e. The third kappa shape index (κ3) is 39.7. The van der Waals surface area contributed by atoms with Gasteiger partial charge in [0.2, 0.25) is 36.1 Å². The number of nitrogens with one attached hydrogen (secondary N) is 5. The van der Waals surface area contributed by atoms with Gasteiger partial charge in [-0.05, 0) is 222 Å². The number of isocyanates is 1. The molecule has 1 aliphatic carbocycles. The third-order valence-electron chi connectivity index (χ3n) is 24.7. The zero-order chi connectivity index (χ0) is 96.4. The second-order valence-corrected chi connectivity index (χ2v) is 41.8. The Balaban J connectivity index is 0.000000467. The predicted octanol–water partition coefficient (Wildman–Crippen LogP) is 19.3. The van der Waals surface area contributed by atoms with Crippen LogP contribution in [0.4, 0.5) is 14.4 Å². The molecule has 4 heterocycles. The lowest BCUT2D eigenvalue weighted by Gasteiger charge is -2.34. The average molecular weight is 1980 g/mol. The first-order valence-electron chi connectivity index (χ1n) is 46.3. The summed E-state index contributed by atoms with van der Waals surface area (Å²) in [5, 5.41) is 9.88. The van der Waals surface area contributed by atoms with Crippen molar-refractivity contribution < 1.29 is 82.3 Å². The number of hydrogen-bond acceptors (Lipinski definition) is 21. The molecule has 1 saturated carbocycles. The zero-order valence-electron chi connectivity index (χ0n) is 82.2. The van der Waals surface area contributed by atoms with E-state index in [9.17, 15) is 39.6 Å². The van der Waals surface area contributed by atoms with Gasteiger partial charge in [0.15, 0.2) is 0 Å². The molecule has 4 amide bonds. The minimum atomic E-state index is -3.65. The van der Waals surface area contributed by atoms with Crippen molar-refractivity contribution in [3.63, 3.8) is 0 Å². The first kappa shape index (κ1) is 122. The van der Waals surface area contributed by atoms with Gasteiger partial charge in [0, 0.05) is 68.5 Å². The highest BCUT2D eigenvalue weighted by Gasteiger charge is 2.49. The summed E-state index contributed by atoms with van der Waals surface area (Å²) >= 11 is 0. The van der Waals surface area contributed by atoms with E-state index in [0.717, 1.165) is 77.4 Å². The topological polar surface area (TPSA) is 330 Å². The highest BCUT2D eigenvalue weighted by atomic mass is 35.5. The van der Waals surface area contributed by atoms with Crippen molar-refractivity contribution in [1.29, 1.82) is 0 Å². The number of ether oxygens (including phenoxy) is 8. The molecule has 5 N–H and O–H groups in total. The van der Waals surface area contributed by atoms with Crippen LogP contribution in [0.5, 0.6) is 28.7 Å². The van der Waals surface area contributed by atoms with Gasteiger partial charge in [0.05, 0.1) is 75.9 Å². The van der Waals surface area contributed by atoms with E-state index in [-0.39, 0.29) is 147 Å². The lowest BCUT2D eigenvalue weighted by molar-refractivity contribution is -0.0113. The monoisotopic (exact) mass is 1980 g/mol. The maximum Gasteiger partial charge on any atom is 0.410 e.